The molecule has 84 valence electrons. The van der Waals surface area contributed by atoms with Gasteiger partial charge in [-0.1, -0.05) is 35.3 Å². The van der Waals surface area contributed by atoms with Crippen LogP contribution in [0.25, 0.3) is 20.2 Å². The fourth-order valence-corrected chi connectivity index (χ4v) is 3.38. The van der Waals surface area contributed by atoms with Gasteiger partial charge in [0.1, 0.15) is 0 Å². The molecule has 0 amide bonds. The molecule has 3 aromatic rings. The lowest BCUT2D eigenvalue weighted by atomic mass is 10.2. The summed E-state index contributed by atoms with van der Waals surface area (Å²) < 4.78 is 1.83. The summed E-state index contributed by atoms with van der Waals surface area (Å²) in [6.07, 6.45) is 0. The van der Waals surface area contributed by atoms with Crippen molar-refractivity contribution in [1.29, 1.82) is 0 Å². The van der Waals surface area contributed by atoms with Gasteiger partial charge in [0.05, 0.1) is 15.4 Å². The normalized spacial score (nSPS) is 11.2. The van der Waals surface area contributed by atoms with Gasteiger partial charge in [-0.3, -0.25) is 4.79 Å². The van der Waals surface area contributed by atoms with Gasteiger partial charge in [-0.05, 0) is 24.3 Å². The summed E-state index contributed by atoms with van der Waals surface area (Å²) in [5.74, 6) is 0. The third-order valence-corrected chi connectivity index (χ3v) is 4.58. The van der Waals surface area contributed by atoms with Gasteiger partial charge in [0, 0.05) is 14.8 Å². The fourth-order valence-electron chi connectivity index (χ4n) is 1.83. The van der Waals surface area contributed by atoms with Crippen LogP contribution in [0.1, 0.15) is 0 Å². The molecule has 0 aliphatic heterocycles. The molecule has 0 saturated carbocycles. The number of hydrogen-bond donors (Lipinski definition) is 0. The summed E-state index contributed by atoms with van der Waals surface area (Å²) in [5.41, 5.74) is -0.0538. The zero-order valence-electron chi connectivity index (χ0n) is 8.54. The van der Waals surface area contributed by atoms with Crippen LogP contribution in [-0.2, 0) is 0 Å². The summed E-state index contributed by atoms with van der Waals surface area (Å²) >= 11 is 13.6. The zero-order chi connectivity index (χ0) is 12.0. The Labute approximate surface area is 111 Å². The van der Waals surface area contributed by atoms with Gasteiger partial charge in [-0.15, -0.1) is 11.3 Å². The Morgan fingerprint density at radius 3 is 2.53 bits per heavy atom. The molecule has 0 atom stereocenters. The van der Waals surface area contributed by atoms with Crippen molar-refractivity contribution in [2.45, 2.75) is 0 Å². The van der Waals surface area contributed by atoms with Crippen molar-refractivity contribution in [2.24, 2.45) is 0 Å². The number of benzene rings is 2. The van der Waals surface area contributed by atoms with E-state index in [0.717, 1.165) is 9.40 Å². The molecule has 4 heteroatoms. The molecule has 0 saturated heterocycles. The van der Waals surface area contributed by atoms with Gasteiger partial charge in [0.25, 0.3) is 0 Å². The first-order valence-corrected chi connectivity index (χ1v) is 6.55. The van der Waals surface area contributed by atoms with Crippen LogP contribution in [0.4, 0.5) is 0 Å². The van der Waals surface area contributed by atoms with E-state index in [2.05, 4.69) is 0 Å². The Bertz CT molecular complexity index is 792. The second kappa shape index (κ2) is 3.98. The maximum atomic E-state index is 12.3. The summed E-state index contributed by atoms with van der Waals surface area (Å²) in [7, 11) is 0. The maximum absolute atomic E-state index is 12.3. The summed E-state index contributed by atoms with van der Waals surface area (Å²) in [6, 6.07) is 11.1. The van der Waals surface area contributed by atoms with E-state index in [9.17, 15) is 4.79 Å². The lowest BCUT2D eigenvalue weighted by molar-refractivity contribution is 1.74. The second-order valence-electron chi connectivity index (χ2n) is 3.66. The van der Waals surface area contributed by atoms with Gasteiger partial charge < -0.3 is 0 Å². The highest BCUT2D eigenvalue weighted by Gasteiger charge is 2.10. The first-order chi connectivity index (χ1) is 8.18. The molecule has 0 bridgehead atoms. The summed E-state index contributed by atoms with van der Waals surface area (Å²) in [5, 5.41) is 1.96. The molecule has 1 heterocycles. The average Bonchev–Trinajstić information content (AvgIpc) is 2.34. The predicted molar refractivity (Wildman–Crippen MR) is 75.6 cm³/mol. The monoisotopic (exact) mass is 280 g/mol. The minimum absolute atomic E-state index is 0.0538. The second-order valence-corrected chi connectivity index (χ2v) is 5.53. The molecule has 0 spiro atoms. The van der Waals surface area contributed by atoms with Gasteiger partial charge in [-0.2, -0.15) is 0 Å². The topological polar surface area (TPSA) is 17.1 Å². The molecule has 0 N–H and O–H groups in total. The minimum atomic E-state index is -0.0538. The van der Waals surface area contributed by atoms with E-state index in [1.54, 1.807) is 17.4 Å². The quantitative estimate of drug-likeness (QED) is 0.545. The highest BCUT2D eigenvalue weighted by molar-refractivity contribution is 7.24. The maximum Gasteiger partial charge on any atom is 0.197 e. The number of halogens is 2. The van der Waals surface area contributed by atoms with E-state index in [1.807, 2.05) is 30.3 Å². The van der Waals surface area contributed by atoms with Crippen LogP contribution >= 0.6 is 34.5 Å². The summed E-state index contributed by atoms with van der Waals surface area (Å²) in [4.78, 5) is 12.3. The number of fused-ring (bicyclic) bond motifs is 2. The molecule has 0 aliphatic carbocycles. The van der Waals surface area contributed by atoms with E-state index in [-0.39, 0.29) is 5.43 Å². The van der Waals surface area contributed by atoms with E-state index < -0.39 is 0 Å². The van der Waals surface area contributed by atoms with Crippen LogP contribution in [0.5, 0.6) is 0 Å². The van der Waals surface area contributed by atoms with E-state index in [1.165, 1.54) is 0 Å². The van der Waals surface area contributed by atoms with Crippen molar-refractivity contribution in [1.82, 2.24) is 0 Å². The smallest absolute Gasteiger partial charge is 0.197 e. The minimum Gasteiger partial charge on any atom is -0.288 e. The molecule has 0 radical (unpaired) electrons. The molecular weight excluding hydrogens is 275 g/mol. The molecule has 3 rings (SSSR count). The van der Waals surface area contributed by atoms with Crippen LogP contribution in [0, 0.1) is 0 Å². The van der Waals surface area contributed by atoms with Crippen LogP contribution in [0.2, 0.25) is 10.0 Å². The van der Waals surface area contributed by atoms with Crippen LogP contribution < -0.4 is 5.43 Å². The first kappa shape index (κ1) is 11.0. The SMILES string of the molecule is O=c1c2ccccc2sc2ccc(Cl)c(Cl)c12. The van der Waals surface area contributed by atoms with E-state index >= 15 is 0 Å². The molecule has 0 unspecified atom stereocenters. The molecule has 17 heavy (non-hydrogen) atoms. The highest BCUT2D eigenvalue weighted by atomic mass is 35.5. The van der Waals surface area contributed by atoms with E-state index in [4.69, 9.17) is 23.2 Å². The molecule has 0 fully saturated rings. The Hall–Kier alpha value is -1.09. The largest absolute Gasteiger partial charge is 0.288 e. The molecule has 0 aliphatic rings. The standard InChI is InChI=1S/C13H6Cl2OS/c14-8-5-6-10-11(12(8)15)13(16)7-3-1-2-4-9(7)17-10/h1-6H. The number of hydrogen-bond acceptors (Lipinski definition) is 2. The van der Waals surface area contributed by atoms with Crippen molar-refractivity contribution >= 4 is 54.7 Å². The van der Waals surface area contributed by atoms with Crippen LogP contribution in [-0.4, -0.2) is 0 Å². The van der Waals surface area contributed by atoms with Crippen molar-refractivity contribution in [3.05, 3.63) is 56.7 Å². The van der Waals surface area contributed by atoms with Gasteiger partial charge >= 0.3 is 0 Å². The number of rotatable bonds is 0. The lowest BCUT2D eigenvalue weighted by Crippen LogP contribution is -2.01. The molecule has 1 aromatic heterocycles. The highest BCUT2D eigenvalue weighted by Crippen LogP contribution is 2.33. The zero-order valence-corrected chi connectivity index (χ0v) is 10.9. The molecule has 1 nitrogen and oxygen atoms in total. The van der Waals surface area contributed by atoms with Crippen molar-refractivity contribution in [2.75, 3.05) is 0 Å². The average molecular weight is 281 g/mol. The predicted octanol–water partition coefficient (Wildman–Crippen LogP) is 4.72. The van der Waals surface area contributed by atoms with Gasteiger partial charge in [0.2, 0.25) is 0 Å². The van der Waals surface area contributed by atoms with Crippen LogP contribution in [0.15, 0.2) is 41.2 Å². The summed E-state index contributed by atoms with van der Waals surface area (Å²) in [6.45, 7) is 0. The lowest BCUT2D eigenvalue weighted by Gasteiger charge is -2.03. The Kier molecular flexibility index (Phi) is 2.58. The van der Waals surface area contributed by atoms with E-state index in [0.29, 0.717) is 20.8 Å². The molecule has 2 aromatic carbocycles. The Balaban J connectivity index is 2.66. The van der Waals surface area contributed by atoms with Crippen molar-refractivity contribution in [3.63, 3.8) is 0 Å². The van der Waals surface area contributed by atoms with Gasteiger partial charge in [-0.25, -0.2) is 0 Å². The first-order valence-electron chi connectivity index (χ1n) is 4.98. The third kappa shape index (κ3) is 1.64. The molecular formula is C13H6Cl2OS. The van der Waals surface area contributed by atoms with Gasteiger partial charge in [0.15, 0.2) is 5.43 Å². The van der Waals surface area contributed by atoms with Crippen molar-refractivity contribution in [3.8, 4) is 0 Å². The Morgan fingerprint density at radius 1 is 0.941 bits per heavy atom. The fraction of sp³-hybridized carbons (Fsp3) is 0. The third-order valence-electron chi connectivity index (χ3n) is 2.64. The van der Waals surface area contributed by atoms with Crippen LogP contribution in [0.3, 0.4) is 0 Å². The van der Waals surface area contributed by atoms with Crippen molar-refractivity contribution < 1.29 is 0 Å². The Morgan fingerprint density at radius 2 is 1.71 bits per heavy atom.